The van der Waals surface area contributed by atoms with Crippen LogP contribution in [0.25, 0.3) is 11.1 Å². The highest BCUT2D eigenvalue weighted by molar-refractivity contribution is 5.76. The Balaban J connectivity index is 1.36. The van der Waals surface area contributed by atoms with Crippen LogP contribution in [0.1, 0.15) is 27.7 Å². The second kappa shape index (κ2) is 10.6. The molecular weight excluding hydrogens is 432 g/mol. The van der Waals surface area contributed by atoms with Crippen LogP contribution in [0, 0.1) is 0 Å². The van der Waals surface area contributed by atoms with Crippen LogP contribution in [0.2, 0.25) is 0 Å². The lowest BCUT2D eigenvalue weighted by atomic mass is 10.1. The standard InChI is InChI=1S/C26H36N4O4/c1-19-15-33-16-20(2)29(19)25(31)13-27-9-5-23(6-10-27)24-7-11-28(12-8-24)14-26(32)30-21(3)17-34-18-22(30)4/h5-12,19-22H,13-18H2,1-4H3/q+2/t19-,20-,21-,22-/m1/s1. The number of ether oxygens (including phenoxy) is 2. The van der Waals surface area contributed by atoms with E-state index in [0.717, 1.165) is 11.1 Å². The summed E-state index contributed by atoms with van der Waals surface area (Å²) in [6, 6.07) is 8.43. The molecule has 0 bridgehead atoms. The molecule has 4 atom stereocenters. The molecule has 0 unspecified atom stereocenters. The van der Waals surface area contributed by atoms with Gasteiger partial charge in [0.1, 0.15) is 0 Å². The first-order valence-electron chi connectivity index (χ1n) is 12.1. The van der Waals surface area contributed by atoms with E-state index >= 15 is 0 Å². The molecule has 2 fully saturated rings. The smallest absolute Gasteiger partial charge is 0.289 e. The van der Waals surface area contributed by atoms with E-state index in [1.165, 1.54) is 0 Å². The molecule has 2 aliphatic heterocycles. The lowest BCUT2D eigenvalue weighted by Gasteiger charge is -2.38. The van der Waals surface area contributed by atoms with Gasteiger partial charge < -0.3 is 19.3 Å². The van der Waals surface area contributed by atoms with Crippen molar-refractivity contribution in [1.29, 1.82) is 0 Å². The van der Waals surface area contributed by atoms with E-state index in [9.17, 15) is 9.59 Å². The fourth-order valence-electron chi connectivity index (χ4n) is 4.98. The summed E-state index contributed by atoms with van der Waals surface area (Å²) in [5, 5.41) is 0. The summed E-state index contributed by atoms with van der Waals surface area (Å²) in [6.07, 6.45) is 7.76. The molecule has 34 heavy (non-hydrogen) atoms. The van der Waals surface area contributed by atoms with Crippen molar-refractivity contribution in [2.24, 2.45) is 0 Å². The minimum atomic E-state index is 0.0914. The predicted octanol–water partition coefficient (Wildman–Crippen LogP) is 1.20. The minimum Gasteiger partial charge on any atom is -0.377 e. The fourth-order valence-corrected chi connectivity index (χ4v) is 4.98. The Bertz CT molecular complexity index is 893. The summed E-state index contributed by atoms with van der Waals surface area (Å²) in [4.78, 5) is 29.5. The highest BCUT2D eigenvalue weighted by Crippen LogP contribution is 2.17. The average Bonchev–Trinajstić information content (AvgIpc) is 2.80. The summed E-state index contributed by atoms with van der Waals surface area (Å²) < 4.78 is 14.9. The van der Waals surface area contributed by atoms with Gasteiger partial charge in [0, 0.05) is 24.3 Å². The molecule has 2 aromatic heterocycles. The molecule has 2 aliphatic rings. The van der Waals surface area contributed by atoms with Crippen LogP contribution in [0.5, 0.6) is 0 Å². The van der Waals surface area contributed by atoms with Gasteiger partial charge in [-0.3, -0.25) is 9.59 Å². The number of hydrogen-bond acceptors (Lipinski definition) is 4. The topological polar surface area (TPSA) is 66.8 Å². The SMILES string of the molecule is C[C@@H]1COC[C@@H](C)N1C(=O)C[n+]1ccc(-c2cc[n+](CC(=O)N3[C@H](C)COC[C@H]3C)cc2)cc1. The molecule has 0 aliphatic carbocycles. The van der Waals surface area contributed by atoms with Gasteiger partial charge in [0.05, 0.1) is 50.6 Å². The molecule has 0 spiro atoms. The van der Waals surface area contributed by atoms with E-state index in [0.29, 0.717) is 39.5 Å². The molecule has 8 nitrogen and oxygen atoms in total. The van der Waals surface area contributed by atoms with Crippen LogP contribution >= 0.6 is 0 Å². The van der Waals surface area contributed by atoms with Crippen molar-refractivity contribution in [2.75, 3.05) is 26.4 Å². The van der Waals surface area contributed by atoms with Gasteiger partial charge in [0.25, 0.3) is 11.8 Å². The number of amides is 2. The monoisotopic (exact) mass is 468 g/mol. The Morgan fingerprint density at radius 3 is 1.26 bits per heavy atom. The van der Waals surface area contributed by atoms with E-state index in [-0.39, 0.29) is 36.0 Å². The maximum atomic E-state index is 12.8. The van der Waals surface area contributed by atoms with Gasteiger partial charge in [-0.15, -0.1) is 0 Å². The van der Waals surface area contributed by atoms with E-state index in [1.54, 1.807) is 0 Å². The molecule has 0 radical (unpaired) electrons. The molecule has 0 aromatic carbocycles. The highest BCUT2D eigenvalue weighted by Gasteiger charge is 2.32. The van der Waals surface area contributed by atoms with Crippen LogP contribution in [-0.2, 0) is 32.2 Å². The number of nitrogens with zero attached hydrogens (tertiary/aromatic N) is 4. The summed E-state index contributed by atoms with van der Waals surface area (Å²) in [5.74, 6) is 0.214. The lowest BCUT2D eigenvalue weighted by molar-refractivity contribution is -0.685. The van der Waals surface area contributed by atoms with Crippen molar-refractivity contribution in [2.45, 2.75) is 65.0 Å². The van der Waals surface area contributed by atoms with Crippen molar-refractivity contribution in [3.8, 4) is 11.1 Å². The van der Waals surface area contributed by atoms with Crippen molar-refractivity contribution in [3.63, 3.8) is 0 Å². The Morgan fingerprint density at radius 2 is 0.971 bits per heavy atom. The maximum absolute atomic E-state index is 12.8. The van der Waals surface area contributed by atoms with Gasteiger partial charge >= 0.3 is 0 Å². The van der Waals surface area contributed by atoms with Crippen LogP contribution in [0.4, 0.5) is 0 Å². The van der Waals surface area contributed by atoms with Crippen molar-refractivity contribution < 1.29 is 28.2 Å². The van der Waals surface area contributed by atoms with Gasteiger partial charge in [0.15, 0.2) is 24.8 Å². The Labute approximate surface area is 201 Å². The van der Waals surface area contributed by atoms with Gasteiger partial charge in [-0.1, -0.05) is 0 Å². The van der Waals surface area contributed by atoms with Gasteiger partial charge in [-0.2, -0.15) is 9.13 Å². The first-order valence-corrected chi connectivity index (χ1v) is 12.1. The molecule has 4 rings (SSSR count). The molecule has 2 amide bonds. The lowest BCUT2D eigenvalue weighted by Crippen LogP contribution is -2.56. The Hall–Kier alpha value is -2.84. The quantitative estimate of drug-likeness (QED) is 0.619. The molecule has 2 aromatic rings. The number of pyridine rings is 2. The number of morpholine rings is 2. The Kier molecular flexibility index (Phi) is 7.58. The van der Waals surface area contributed by atoms with E-state index in [2.05, 4.69) is 0 Å². The van der Waals surface area contributed by atoms with E-state index < -0.39 is 0 Å². The molecule has 0 saturated carbocycles. The van der Waals surface area contributed by atoms with Crippen LogP contribution in [-0.4, -0.2) is 72.2 Å². The highest BCUT2D eigenvalue weighted by atomic mass is 16.5. The number of rotatable bonds is 5. The van der Waals surface area contributed by atoms with Crippen LogP contribution in [0.3, 0.4) is 0 Å². The fraction of sp³-hybridized carbons (Fsp3) is 0.538. The summed E-state index contributed by atoms with van der Waals surface area (Å²) in [7, 11) is 0. The zero-order chi connectivity index (χ0) is 24.2. The van der Waals surface area contributed by atoms with Crippen molar-refractivity contribution in [3.05, 3.63) is 49.1 Å². The third-order valence-corrected chi connectivity index (χ3v) is 6.66. The maximum Gasteiger partial charge on any atom is 0.289 e. The number of hydrogen-bond donors (Lipinski definition) is 0. The molecule has 182 valence electrons. The summed E-state index contributed by atoms with van der Waals surface area (Å²) in [6.45, 7) is 11.1. The van der Waals surface area contributed by atoms with Gasteiger partial charge in [0.2, 0.25) is 13.1 Å². The first kappa shape index (κ1) is 24.3. The van der Waals surface area contributed by atoms with E-state index in [1.807, 2.05) is 95.7 Å². The molecular formula is C26H36N4O4+2. The molecule has 8 heteroatoms. The second-order valence-electron chi connectivity index (χ2n) is 9.59. The third-order valence-electron chi connectivity index (χ3n) is 6.66. The van der Waals surface area contributed by atoms with Crippen LogP contribution < -0.4 is 9.13 Å². The van der Waals surface area contributed by atoms with E-state index in [4.69, 9.17) is 9.47 Å². The minimum absolute atomic E-state index is 0.0914. The van der Waals surface area contributed by atoms with Crippen molar-refractivity contribution in [1.82, 2.24) is 9.80 Å². The van der Waals surface area contributed by atoms with Gasteiger partial charge in [-0.05, 0) is 38.8 Å². The Morgan fingerprint density at radius 1 is 0.676 bits per heavy atom. The summed E-state index contributed by atoms with van der Waals surface area (Å²) >= 11 is 0. The van der Waals surface area contributed by atoms with Gasteiger partial charge in [-0.25, -0.2) is 0 Å². The second-order valence-corrected chi connectivity index (χ2v) is 9.59. The molecule has 2 saturated heterocycles. The number of aromatic nitrogens is 2. The molecule has 4 heterocycles. The first-order chi connectivity index (χ1) is 16.3. The zero-order valence-corrected chi connectivity index (χ0v) is 20.6. The number of carbonyl (C=O) groups is 2. The van der Waals surface area contributed by atoms with Crippen molar-refractivity contribution >= 4 is 11.8 Å². The molecule has 0 N–H and O–H groups in total. The largest absolute Gasteiger partial charge is 0.377 e. The predicted molar refractivity (Wildman–Crippen MR) is 125 cm³/mol. The van der Waals surface area contributed by atoms with Crippen LogP contribution in [0.15, 0.2) is 49.1 Å². The zero-order valence-electron chi connectivity index (χ0n) is 20.6. The average molecular weight is 469 g/mol. The third kappa shape index (κ3) is 5.45. The number of carbonyl (C=O) groups excluding carboxylic acids is 2. The summed E-state index contributed by atoms with van der Waals surface area (Å²) in [5.41, 5.74) is 2.12. The normalized spacial score (nSPS) is 25.3.